The van der Waals surface area contributed by atoms with Gasteiger partial charge < -0.3 is 10.2 Å². The van der Waals surface area contributed by atoms with E-state index in [0.717, 1.165) is 11.1 Å². The molecule has 1 N–H and O–H groups in total. The predicted octanol–water partition coefficient (Wildman–Crippen LogP) is 3.54. The smallest absolute Gasteiger partial charge is 0.245 e. The Kier molecular flexibility index (Phi) is 5.09. The minimum Gasteiger partial charge on any atom is -0.350 e. The van der Waals surface area contributed by atoms with Gasteiger partial charge in [0, 0.05) is 24.5 Å². The van der Waals surface area contributed by atoms with E-state index in [1.54, 1.807) is 11.0 Å². The molecule has 0 radical (unpaired) electrons. The van der Waals surface area contributed by atoms with E-state index in [-0.39, 0.29) is 11.8 Å². The number of carbonyl (C=O) groups is 2. The number of rotatable bonds is 5. The molecule has 0 aromatic heterocycles. The van der Waals surface area contributed by atoms with Crippen molar-refractivity contribution in [2.75, 3.05) is 0 Å². The van der Waals surface area contributed by atoms with Crippen LogP contribution in [0.1, 0.15) is 30.9 Å². The van der Waals surface area contributed by atoms with Crippen LogP contribution in [-0.2, 0) is 22.7 Å². The van der Waals surface area contributed by atoms with E-state index in [1.807, 2.05) is 55.5 Å². The van der Waals surface area contributed by atoms with E-state index in [0.29, 0.717) is 31.0 Å². The average Bonchev–Trinajstić information content (AvgIpc) is 2.92. The van der Waals surface area contributed by atoms with Crippen LogP contribution in [0.2, 0.25) is 5.02 Å². The number of carbonyl (C=O) groups excluding carboxylic acids is 2. The Labute approximate surface area is 152 Å². The van der Waals surface area contributed by atoms with Crippen LogP contribution in [0, 0.1) is 0 Å². The van der Waals surface area contributed by atoms with Crippen LogP contribution < -0.4 is 5.32 Å². The van der Waals surface area contributed by atoms with E-state index in [9.17, 15) is 9.59 Å². The molecular weight excluding hydrogens is 336 g/mol. The predicted molar refractivity (Wildman–Crippen MR) is 97.9 cm³/mol. The van der Waals surface area contributed by atoms with Gasteiger partial charge in [-0.2, -0.15) is 0 Å². The van der Waals surface area contributed by atoms with Gasteiger partial charge in [-0.15, -0.1) is 0 Å². The molecule has 2 aromatic carbocycles. The summed E-state index contributed by atoms with van der Waals surface area (Å²) in [4.78, 5) is 26.9. The van der Waals surface area contributed by atoms with Gasteiger partial charge in [-0.05, 0) is 30.5 Å². The van der Waals surface area contributed by atoms with Crippen molar-refractivity contribution in [3.8, 4) is 0 Å². The first-order valence-corrected chi connectivity index (χ1v) is 8.74. The number of nitrogens with zero attached hydrogens (tertiary/aromatic N) is 1. The quantitative estimate of drug-likeness (QED) is 0.890. The maximum absolute atomic E-state index is 12.8. The van der Waals surface area contributed by atoms with Gasteiger partial charge in [0.25, 0.3) is 0 Å². The second-order valence-corrected chi connectivity index (χ2v) is 6.92. The molecule has 1 heterocycles. The van der Waals surface area contributed by atoms with Gasteiger partial charge in [-0.3, -0.25) is 9.59 Å². The fourth-order valence-electron chi connectivity index (χ4n) is 3.16. The highest BCUT2D eigenvalue weighted by molar-refractivity contribution is 6.31. The number of hydrogen-bond donors (Lipinski definition) is 1. The van der Waals surface area contributed by atoms with Crippen molar-refractivity contribution in [2.45, 2.75) is 38.4 Å². The van der Waals surface area contributed by atoms with Gasteiger partial charge in [0.15, 0.2) is 0 Å². The summed E-state index contributed by atoms with van der Waals surface area (Å²) in [7, 11) is 0. The summed E-state index contributed by atoms with van der Waals surface area (Å²) in [6.45, 7) is 2.62. The third kappa shape index (κ3) is 3.69. The molecule has 1 atom stereocenters. The molecule has 0 aliphatic carbocycles. The Morgan fingerprint density at radius 3 is 2.56 bits per heavy atom. The molecule has 25 heavy (non-hydrogen) atoms. The van der Waals surface area contributed by atoms with Crippen molar-refractivity contribution in [2.24, 2.45) is 0 Å². The monoisotopic (exact) mass is 356 g/mol. The van der Waals surface area contributed by atoms with Crippen LogP contribution in [0.4, 0.5) is 0 Å². The van der Waals surface area contributed by atoms with Gasteiger partial charge >= 0.3 is 0 Å². The van der Waals surface area contributed by atoms with Crippen LogP contribution in [0.25, 0.3) is 0 Å². The van der Waals surface area contributed by atoms with Crippen LogP contribution in [-0.4, -0.2) is 22.3 Å². The third-order valence-electron chi connectivity index (χ3n) is 4.79. The lowest BCUT2D eigenvalue weighted by atomic mass is 9.97. The zero-order valence-corrected chi connectivity index (χ0v) is 14.9. The first-order chi connectivity index (χ1) is 12.0. The topological polar surface area (TPSA) is 49.4 Å². The lowest BCUT2D eigenvalue weighted by Crippen LogP contribution is -2.53. The van der Waals surface area contributed by atoms with Gasteiger partial charge in [0.2, 0.25) is 11.8 Å². The van der Waals surface area contributed by atoms with E-state index in [2.05, 4.69) is 5.32 Å². The zero-order valence-electron chi connectivity index (χ0n) is 14.2. The molecule has 1 saturated heterocycles. The molecule has 2 aromatic rings. The van der Waals surface area contributed by atoms with Crippen LogP contribution in [0.5, 0.6) is 0 Å². The molecule has 130 valence electrons. The maximum Gasteiger partial charge on any atom is 0.245 e. The molecule has 4 nitrogen and oxygen atoms in total. The molecule has 0 unspecified atom stereocenters. The molecule has 1 fully saturated rings. The largest absolute Gasteiger partial charge is 0.350 e. The van der Waals surface area contributed by atoms with Gasteiger partial charge in [-0.25, -0.2) is 0 Å². The summed E-state index contributed by atoms with van der Waals surface area (Å²) in [5, 5.41) is 3.57. The minimum atomic E-state index is -0.856. The van der Waals surface area contributed by atoms with E-state index in [4.69, 9.17) is 11.6 Å². The molecule has 1 aliphatic heterocycles. The zero-order chi connectivity index (χ0) is 17.9. The molecule has 5 heteroatoms. The maximum atomic E-state index is 12.8. The lowest BCUT2D eigenvalue weighted by Gasteiger charge is -2.34. The number of benzene rings is 2. The van der Waals surface area contributed by atoms with Crippen molar-refractivity contribution in [3.05, 3.63) is 70.7 Å². The highest BCUT2D eigenvalue weighted by atomic mass is 35.5. The summed E-state index contributed by atoms with van der Waals surface area (Å²) in [5.74, 6) is -0.147. The molecule has 0 saturated carbocycles. The summed E-state index contributed by atoms with van der Waals surface area (Å²) >= 11 is 6.23. The first-order valence-electron chi connectivity index (χ1n) is 8.37. The Bertz CT molecular complexity index is 778. The number of nitrogens with one attached hydrogen (secondary N) is 1. The van der Waals surface area contributed by atoms with Crippen molar-refractivity contribution >= 4 is 23.4 Å². The number of likely N-dealkylation sites (tertiary alicyclic amines) is 1. The fraction of sp³-hybridized carbons (Fsp3) is 0.300. The first kappa shape index (κ1) is 17.5. The van der Waals surface area contributed by atoms with Crippen molar-refractivity contribution < 1.29 is 9.59 Å². The molecule has 1 aliphatic rings. The SMILES string of the molecule is C[C@]1(C(=O)NCc2ccccc2)CCC(=O)N1Cc1ccccc1Cl. The Hall–Kier alpha value is -2.33. The van der Waals surface area contributed by atoms with Crippen molar-refractivity contribution in [3.63, 3.8) is 0 Å². The molecule has 0 spiro atoms. The minimum absolute atomic E-state index is 0.0164. The van der Waals surface area contributed by atoms with E-state index < -0.39 is 5.54 Å². The normalized spacial score (nSPS) is 19.9. The lowest BCUT2D eigenvalue weighted by molar-refractivity contribution is -0.141. The second kappa shape index (κ2) is 7.28. The average molecular weight is 357 g/mol. The second-order valence-electron chi connectivity index (χ2n) is 6.51. The van der Waals surface area contributed by atoms with Crippen molar-refractivity contribution in [1.29, 1.82) is 0 Å². The number of hydrogen-bond acceptors (Lipinski definition) is 2. The molecule has 0 bridgehead atoms. The third-order valence-corrected chi connectivity index (χ3v) is 5.16. The van der Waals surface area contributed by atoms with Crippen LogP contribution >= 0.6 is 11.6 Å². The Morgan fingerprint density at radius 1 is 1.16 bits per heavy atom. The van der Waals surface area contributed by atoms with Crippen LogP contribution in [0.15, 0.2) is 54.6 Å². The van der Waals surface area contributed by atoms with E-state index >= 15 is 0 Å². The summed E-state index contributed by atoms with van der Waals surface area (Å²) in [6, 6.07) is 17.2. The standard InChI is InChI=1S/C20H21ClN2O2/c1-20(19(25)22-13-15-7-3-2-4-8-15)12-11-18(24)23(20)14-16-9-5-6-10-17(16)21/h2-10H,11-14H2,1H3,(H,22,25)/t20-/m1/s1. The van der Waals surface area contributed by atoms with Crippen LogP contribution in [0.3, 0.4) is 0 Å². The summed E-state index contributed by atoms with van der Waals surface area (Å²) in [6.07, 6.45) is 0.886. The Morgan fingerprint density at radius 2 is 1.84 bits per heavy atom. The van der Waals surface area contributed by atoms with E-state index in [1.165, 1.54) is 0 Å². The van der Waals surface area contributed by atoms with Gasteiger partial charge in [0.1, 0.15) is 5.54 Å². The number of halogens is 1. The Balaban J connectivity index is 1.74. The van der Waals surface area contributed by atoms with Gasteiger partial charge in [-0.1, -0.05) is 60.1 Å². The highest BCUT2D eigenvalue weighted by Gasteiger charge is 2.47. The molecule has 3 rings (SSSR count). The summed E-state index contributed by atoms with van der Waals surface area (Å²) < 4.78 is 0. The fourth-order valence-corrected chi connectivity index (χ4v) is 3.36. The highest BCUT2D eigenvalue weighted by Crippen LogP contribution is 2.33. The van der Waals surface area contributed by atoms with Crippen molar-refractivity contribution in [1.82, 2.24) is 10.2 Å². The number of amides is 2. The van der Waals surface area contributed by atoms with Gasteiger partial charge in [0.05, 0.1) is 0 Å². The molecular formula is C20H21ClN2O2. The summed E-state index contributed by atoms with van der Waals surface area (Å²) in [5.41, 5.74) is 1.02. The molecule has 2 amide bonds.